The van der Waals surface area contributed by atoms with Crippen molar-refractivity contribution >= 4 is 21.7 Å². The average molecular weight is 362 g/mol. The molecule has 3 rings (SSSR count). The number of methoxy groups -OCH3 is 1. The van der Waals surface area contributed by atoms with Gasteiger partial charge in [0.1, 0.15) is 17.3 Å². The van der Waals surface area contributed by atoms with Gasteiger partial charge >= 0.3 is 0 Å². The molecule has 0 amide bonds. The molecule has 4 heteroatoms. The highest BCUT2D eigenvalue weighted by Gasteiger charge is 2.29. The minimum atomic E-state index is 0.428. The Bertz CT molecular complexity index is 653. The van der Waals surface area contributed by atoms with Crippen molar-refractivity contribution in [1.82, 2.24) is 0 Å². The summed E-state index contributed by atoms with van der Waals surface area (Å²) in [5.74, 6) is 3.71. The van der Waals surface area contributed by atoms with E-state index in [-0.39, 0.29) is 0 Å². The first-order valence-corrected chi connectivity index (χ1v) is 10.8. The van der Waals surface area contributed by atoms with Gasteiger partial charge in [0.15, 0.2) is 4.90 Å². The van der Waals surface area contributed by atoms with Crippen LogP contribution in [-0.2, 0) is 20.4 Å². The molecule has 136 valence electrons. The Morgan fingerprint density at radius 3 is 2.32 bits per heavy atom. The fraction of sp³-hybridized carbons (Fsp3) is 0.524. The van der Waals surface area contributed by atoms with E-state index in [1.807, 2.05) is 0 Å². The number of fused-ring (bicyclic) bond motifs is 1. The smallest absolute Gasteiger partial charge is 0.162 e. The Kier molecular flexibility index (Phi) is 7.46. The van der Waals surface area contributed by atoms with Crippen LogP contribution in [0.15, 0.2) is 41.3 Å². The molecule has 25 heavy (non-hydrogen) atoms. The number of ether oxygens (including phenoxy) is 3. The van der Waals surface area contributed by atoms with Crippen LogP contribution in [0.2, 0.25) is 0 Å². The van der Waals surface area contributed by atoms with E-state index < -0.39 is 0 Å². The molecular formula is C21H29O3S+. The summed E-state index contributed by atoms with van der Waals surface area (Å²) < 4.78 is 16.7. The van der Waals surface area contributed by atoms with E-state index >= 15 is 0 Å². The maximum absolute atomic E-state index is 6.06. The molecule has 0 bridgehead atoms. The lowest BCUT2D eigenvalue weighted by molar-refractivity contribution is 0.0942. The molecular weight excluding hydrogens is 332 g/mol. The van der Waals surface area contributed by atoms with E-state index in [2.05, 4.69) is 36.4 Å². The van der Waals surface area contributed by atoms with Crippen molar-refractivity contribution in [2.45, 2.75) is 30.6 Å². The molecule has 2 aromatic rings. The molecule has 0 atom stereocenters. The van der Waals surface area contributed by atoms with Crippen LogP contribution < -0.4 is 4.74 Å². The molecule has 1 saturated heterocycles. The zero-order valence-electron chi connectivity index (χ0n) is 15.2. The SMILES string of the molecule is COCCCOCCCOc1ccc([S+]2CCCC2)c2ccccc12. The van der Waals surface area contributed by atoms with E-state index in [1.54, 1.807) is 7.11 Å². The number of hydrogen-bond acceptors (Lipinski definition) is 3. The molecule has 1 heterocycles. The molecule has 1 aliphatic heterocycles. The zero-order valence-corrected chi connectivity index (χ0v) is 16.0. The quantitative estimate of drug-likeness (QED) is 0.463. The minimum absolute atomic E-state index is 0.428. The van der Waals surface area contributed by atoms with Crippen molar-refractivity contribution in [1.29, 1.82) is 0 Å². The summed E-state index contributed by atoms with van der Waals surface area (Å²) in [5, 5.41) is 2.63. The van der Waals surface area contributed by atoms with Crippen LogP contribution >= 0.6 is 0 Å². The van der Waals surface area contributed by atoms with Gasteiger partial charge in [0, 0.05) is 55.0 Å². The van der Waals surface area contributed by atoms with Gasteiger partial charge in [-0.2, -0.15) is 0 Å². The first kappa shape index (κ1) is 18.6. The summed E-state index contributed by atoms with van der Waals surface area (Å²) in [6, 6.07) is 13.2. The summed E-state index contributed by atoms with van der Waals surface area (Å²) in [5.41, 5.74) is 0. The second-order valence-corrected chi connectivity index (χ2v) is 8.62. The van der Waals surface area contributed by atoms with E-state index in [0.717, 1.165) is 38.4 Å². The van der Waals surface area contributed by atoms with Crippen molar-refractivity contribution in [2.75, 3.05) is 45.0 Å². The third-order valence-corrected chi connectivity index (χ3v) is 7.06. The molecule has 1 aliphatic rings. The lowest BCUT2D eigenvalue weighted by atomic mass is 10.1. The fourth-order valence-electron chi connectivity index (χ4n) is 3.25. The Morgan fingerprint density at radius 2 is 1.56 bits per heavy atom. The maximum atomic E-state index is 6.06. The van der Waals surface area contributed by atoms with E-state index in [9.17, 15) is 0 Å². The van der Waals surface area contributed by atoms with Gasteiger partial charge in [0.25, 0.3) is 0 Å². The molecule has 2 aromatic carbocycles. The van der Waals surface area contributed by atoms with Gasteiger partial charge in [-0.15, -0.1) is 0 Å². The highest BCUT2D eigenvalue weighted by atomic mass is 32.2. The molecule has 0 saturated carbocycles. The molecule has 0 unspecified atom stereocenters. The first-order chi connectivity index (χ1) is 12.4. The molecule has 1 fully saturated rings. The van der Waals surface area contributed by atoms with Gasteiger partial charge in [0.2, 0.25) is 0 Å². The monoisotopic (exact) mass is 361 g/mol. The normalized spacial score (nSPS) is 15.1. The highest BCUT2D eigenvalue weighted by Crippen LogP contribution is 2.34. The lowest BCUT2D eigenvalue weighted by Crippen LogP contribution is -2.07. The maximum Gasteiger partial charge on any atom is 0.162 e. The standard InChI is InChI=1S/C21H29O3S/c1-22-12-6-13-23-14-7-15-24-20-10-11-21(25-16-4-5-17-25)19-9-3-2-8-18(19)20/h2-3,8-11H,4-7,12-17H2,1H3/q+1. The predicted molar refractivity (Wildman–Crippen MR) is 106 cm³/mol. The Hall–Kier alpha value is -1.23. The molecule has 0 aliphatic carbocycles. The van der Waals surface area contributed by atoms with Crippen molar-refractivity contribution < 1.29 is 14.2 Å². The van der Waals surface area contributed by atoms with Gasteiger partial charge in [-0.1, -0.05) is 18.2 Å². The fourth-order valence-corrected chi connectivity index (χ4v) is 5.75. The Balaban J connectivity index is 1.56. The van der Waals surface area contributed by atoms with Crippen LogP contribution in [0.4, 0.5) is 0 Å². The van der Waals surface area contributed by atoms with Gasteiger partial charge in [-0.3, -0.25) is 0 Å². The zero-order chi connectivity index (χ0) is 17.3. The van der Waals surface area contributed by atoms with Crippen molar-refractivity contribution in [3.05, 3.63) is 36.4 Å². The topological polar surface area (TPSA) is 27.7 Å². The van der Waals surface area contributed by atoms with Gasteiger partial charge in [-0.05, 0) is 37.5 Å². The second kappa shape index (κ2) is 10.0. The summed E-state index contributed by atoms with van der Waals surface area (Å²) in [6.45, 7) is 2.95. The van der Waals surface area contributed by atoms with Crippen LogP contribution in [0, 0.1) is 0 Å². The summed E-state index contributed by atoms with van der Waals surface area (Å²) in [7, 11) is 2.15. The predicted octanol–water partition coefficient (Wildman–Crippen LogP) is 4.43. The van der Waals surface area contributed by atoms with Crippen molar-refractivity contribution in [3.8, 4) is 5.75 Å². The van der Waals surface area contributed by atoms with Gasteiger partial charge in [-0.25, -0.2) is 0 Å². The molecule has 0 radical (unpaired) electrons. The Labute approximate surface area is 154 Å². The largest absolute Gasteiger partial charge is 0.493 e. The average Bonchev–Trinajstić information content (AvgIpc) is 3.18. The van der Waals surface area contributed by atoms with Crippen LogP contribution in [0.3, 0.4) is 0 Å². The summed E-state index contributed by atoms with van der Waals surface area (Å²) in [4.78, 5) is 1.53. The first-order valence-electron chi connectivity index (χ1n) is 9.29. The van der Waals surface area contributed by atoms with E-state index in [0.29, 0.717) is 17.5 Å². The highest BCUT2D eigenvalue weighted by molar-refractivity contribution is 7.97. The third-order valence-electron chi connectivity index (χ3n) is 4.51. The van der Waals surface area contributed by atoms with Crippen molar-refractivity contribution in [2.24, 2.45) is 0 Å². The number of hydrogen-bond donors (Lipinski definition) is 0. The summed E-state index contributed by atoms with van der Waals surface area (Å²) >= 11 is 0. The molecule has 0 aromatic heterocycles. The minimum Gasteiger partial charge on any atom is -0.493 e. The summed E-state index contributed by atoms with van der Waals surface area (Å²) in [6.07, 6.45) is 4.61. The van der Waals surface area contributed by atoms with E-state index in [1.165, 1.54) is 40.0 Å². The molecule has 0 N–H and O–H groups in total. The second-order valence-electron chi connectivity index (χ2n) is 6.38. The molecule has 3 nitrogen and oxygen atoms in total. The lowest BCUT2D eigenvalue weighted by Gasteiger charge is -2.12. The third kappa shape index (κ3) is 5.13. The van der Waals surface area contributed by atoms with Crippen LogP contribution in [0.5, 0.6) is 5.75 Å². The Morgan fingerprint density at radius 1 is 0.840 bits per heavy atom. The van der Waals surface area contributed by atoms with Crippen LogP contribution in [0.1, 0.15) is 25.7 Å². The van der Waals surface area contributed by atoms with E-state index in [4.69, 9.17) is 14.2 Å². The van der Waals surface area contributed by atoms with Crippen LogP contribution in [0.25, 0.3) is 10.8 Å². The molecule has 0 spiro atoms. The van der Waals surface area contributed by atoms with Crippen LogP contribution in [-0.4, -0.2) is 45.0 Å². The van der Waals surface area contributed by atoms with Crippen molar-refractivity contribution in [3.63, 3.8) is 0 Å². The number of rotatable bonds is 10. The van der Waals surface area contributed by atoms with Gasteiger partial charge in [0.05, 0.1) is 6.61 Å². The number of benzene rings is 2. The van der Waals surface area contributed by atoms with Gasteiger partial charge < -0.3 is 14.2 Å².